The number of nitrogens with one attached hydrogen (secondary N) is 2. The lowest BCUT2D eigenvalue weighted by atomic mass is 10.00. The van der Waals surface area contributed by atoms with Crippen LogP contribution in [0.5, 0.6) is 0 Å². The Labute approximate surface area is 117 Å². The summed E-state index contributed by atoms with van der Waals surface area (Å²) in [5, 5.41) is 3.12. The molecule has 1 aliphatic heterocycles. The minimum Gasteiger partial charge on any atom is -0.384 e. The maximum atomic E-state index is 12.2. The Morgan fingerprint density at radius 2 is 2.21 bits per heavy atom. The van der Waals surface area contributed by atoms with E-state index in [9.17, 15) is 8.42 Å². The number of ether oxygens (including phenoxy) is 1. The molecule has 114 valence electrons. The van der Waals surface area contributed by atoms with Crippen molar-refractivity contribution in [1.29, 1.82) is 0 Å². The first-order chi connectivity index (χ1) is 8.99. The fraction of sp³-hybridized carbons (Fsp3) is 1.00. The number of rotatable bonds is 8. The van der Waals surface area contributed by atoms with E-state index in [1.807, 2.05) is 14.0 Å². The molecule has 0 aromatic rings. The van der Waals surface area contributed by atoms with Crippen molar-refractivity contribution < 1.29 is 13.2 Å². The van der Waals surface area contributed by atoms with Gasteiger partial charge in [-0.25, -0.2) is 4.72 Å². The van der Waals surface area contributed by atoms with Crippen LogP contribution in [0.2, 0.25) is 0 Å². The Morgan fingerprint density at radius 3 is 2.84 bits per heavy atom. The fourth-order valence-corrected chi connectivity index (χ4v) is 3.84. The minimum absolute atomic E-state index is 0.178. The number of hydrogen-bond donors (Lipinski definition) is 2. The van der Waals surface area contributed by atoms with Crippen molar-refractivity contribution in [2.24, 2.45) is 11.8 Å². The van der Waals surface area contributed by atoms with Gasteiger partial charge in [-0.15, -0.1) is 0 Å². The summed E-state index contributed by atoms with van der Waals surface area (Å²) in [6.07, 6.45) is 2.02. The van der Waals surface area contributed by atoms with Gasteiger partial charge in [0.05, 0.1) is 0 Å². The molecule has 6 nitrogen and oxygen atoms in total. The third-order valence-electron chi connectivity index (χ3n) is 3.38. The molecule has 2 N–H and O–H groups in total. The topological polar surface area (TPSA) is 70.7 Å². The predicted molar refractivity (Wildman–Crippen MR) is 76.2 cm³/mol. The molecule has 0 aromatic carbocycles. The molecule has 19 heavy (non-hydrogen) atoms. The molecule has 1 saturated heterocycles. The van der Waals surface area contributed by atoms with Crippen molar-refractivity contribution in [3.05, 3.63) is 0 Å². The molecular weight excluding hydrogens is 266 g/mol. The van der Waals surface area contributed by atoms with Crippen LogP contribution in [-0.4, -0.2) is 59.7 Å². The molecule has 0 bridgehead atoms. The number of nitrogens with zero attached hydrogens (tertiary/aromatic N) is 1. The van der Waals surface area contributed by atoms with Gasteiger partial charge in [0.15, 0.2) is 0 Å². The highest BCUT2D eigenvalue weighted by Gasteiger charge is 2.28. The highest BCUT2D eigenvalue weighted by Crippen LogP contribution is 2.17. The number of methoxy groups -OCH3 is 1. The van der Waals surface area contributed by atoms with Crippen molar-refractivity contribution in [2.75, 3.05) is 46.9 Å². The zero-order valence-corrected chi connectivity index (χ0v) is 13.0. The second kappa shape index (κ2) is 8.16. The Hall–Kier alpha value is -0.210. The van der Waals surface area contributed by atoms with Crippen molar-refractivity contribution in [3.8, 4) is 0 Å². The van der Waals surface area contributed by atoms with E-state index in [1.54, 1.807) is 11.4 Å². The molecule has 0 amide bonds. The summed E-state index contributed by atoms with van der Waals surface area (Å²) in [7, 11) is 0.176. The molecule has 0 aliphatic carbocycles. The van der Waals surface area contributed by atoms with E-state index in [1.165, 1.54) is 0 Å². The number of piperidine rings is 1. The monoisotopic (exact) mass is 293 g/mol. The summed E-state index contributed by atoms with van der Waals surface area (Å²) < 4.78 is 33.6. The summed E-state index contributed by atoms with van der Waals surface area (Å²) in [5.41, 5.74) is 0. The highest BCUT2D eigenvalue weighted by molar-refractivity contribution is 7.87. The molecule has 1 aliphatic rings. The molecule has 0 spiro atoms. The third-order valence-corrected chi connectivity index (χ3v) is 4.92. The van der Waals surface area contributed by atoms with Gasteiger partial charge in [-0.3, -0.25) is 0 Å². The molecule has 1 rings (SSSR count). The van der Waals surface area contributed by atoms with Crippen LogP contribution < -0.4 is 10.0 Å². The van der Waals surface area contributed by atoms with Gasteiger partial charge in [0.2, 0.25) is 0 Å². The summed E-state index contributed by atoms with van der Waals surface area (Å²) in [6.45, 7) is 5.04. The third kappa shape index (κ3) is 5.74. The van der Waals surface area contributed by atoms with E-state index in [-0.39, 0.29) is 5.92 Å². The Balaban J connectivity index is 2.47. The largest absolute Gasteiger partial charge is 0.384 e. The van der Waals surface area contributed by atoms with Gasteiger partial charge < -0.3 is 10.1 Å². The van der Waals surface area contributed by atoms with Gasteiger partial charge in [0, 0.05) is 33.4 Å². The lowest BCUT2D eigenvalue weighted by Crippen LogP contribution is -2.48. The van der Waals surface area contributed by atoms with Crippen molar-refractivity contribution in [2.45, 2.75) is 19.8 Å². The first kappa shape index (κ1) is 16.8. The number of hydrogen-bond acceptors (Lipinski definition) is 4. The molecule has 2 unspecified atom stereocenters. The average Bonchev–Trinajstić information content (AvgIpc) is 2.38. The minimum atomic E-state index is -3.35. The van der Waals surface area contributed by atoms with E-state index in [0.717, 1.165) is 19.4 Å². The summed E-state index contributed by atoms with van der Waals surface area (Å²) >= 11 is 0. The molecule has 0 radical (unpaired) electrons. The van der Waals surface area contributed by atoms with Crippen LogP contribution in [0.1, 0.15) is 19.8 Å². The zero-order chi connectivity index (χ0) is 14.3. The van der Waals surface area contributed by atoms with Crippen molar-refractivity contribution in [1.82, 2.24) is 14.3 Å². The molecule has 7 heteroatoms. The maximum absolute atomic E-state index is 12.2. The van der Waals surface area contributed by atoms with E-state index >= 15 is 0 Å². The van der Waals surface area contributed by atoms with Gasteiger partial charge >= 0.3 is 0 Å². The van der Waals surface area contributed by atoms with Crippen LogP contribution in [0.25, 0.3) is 0 Å². The van der Waals surface area contributed by atoms with Crippen LogP contribution >= 0.6 is 0 Å². The Bertz CT molecular complexity index is 346. The predicted octanol–water partition coefficient (Wildman–Crippen LogP) is 0.0347. The summed E-state index contributed by atoms with van der Waals surface area (Å²) in [4.78, 5) is 0. The standard InChI is InChI=1S/C12H27N3O3S/c1-11(10-18-3)7-14-19(16,17)15-6-4-5-12(9-15)8-13-2/h11-14H,4-10H2,1-3H3. The molecule has 0 saturated carbocycles. The first-order valence-electron chi connectivity index (χ1n) is 6.88. The normalized spacial score (nSPS) is 23.4. The lowest BCUT2D eigenvalue weighted by molar-refractivity contribution is 0.160. The average molecular weight is 293 g/mol. The molecule has 2 atom stereocenters. The van der Waals surface area contributed by atoms with Crippen LogP contribution in [0.15, 0.2) is 0 Å². The van der Waals surface area contributed by atoms with E-state index < -0.39 is 10.2 Å². The quantitative estimate of drug-likeness (QED) is 0.663. The van der Waals surface area contributed by atoms with Gasteiger partial charge in [-0.05, 0) is 38.3 Å². The Morgan fingerprint density at radius 1 is 1.47 bits per heavy atom. The van der Waals surface area contributed by atoms with E-state index in [2.05, 4.69) is 10.0 Å². The highest BCUT2D eigenvalue weighted by atomic mass is 32.2. The fourth-order valence-electron chi connectivity index (χ4n) is 2.38. The second-order valence-corrected chi connectivity index (χ2v) is 7.09. The lowest BCUT2D eigenvalue weighted by Gasteiger charge is -2.32. The maximum Gasteiger partial charge on any atom is 0.279 e. The SMILES string of the molecule is CNCC1CCCN(S(=O)(=O)NCC(C)COC)C1. The Kier molecular flexibility index (Phi) is 7.23. The van der Waals surface area contributed by atoms with Gasteiger partial charge in [0.25, 0.3) is 10.2 Å². The van der Waals surface area contributed by atoms with E-state index in [0.29, 0.717) is 32.2 Å². The molecule has 1 fully saturated rings. The van der Waals surface area contributed by atoms with Gasteiger partial charge in [-0.1, -0.05) is 6.92 Å². The van der Waals surface area contributed by atoms with Gasteiger partial charge in [0.1, 0.15) is 0 Å². The summed E-state index contributed by atoms with van der Waals surface area (Å²) in [5.74, 6) is 0.587. The van der Waals surface area contributed by atoms with Crippen molar-refractivity contribution in [3.63, 3.8) is 0 Å². The first-order valence-corrected chi connectivity index (χ1v) is 8.32. The van der Waals surface area contributed by atoms with Crippen LogP contribution in [0.4, 0.5) is 0 Å². The van der Waals surface area contributed by atoms with E-state index in [4.69, 9.17) is 4.74 Å². The molecular formula is C12H27N3O3S. The second-order valence-electron chi connectivity index (χ2n) is 5.34. The molecule has 0 aromatic heterocycles. The van der Waals surface area contributed by atoms with Gasteiger partial charge in [-0.2, -0.15) is 12.7 Å². The van der Waals surface area contributed by atoms with Crippen molar-refractivity contribution >= 4 is 10.2 Å². The van der Waals surface area contributed by atoms with Crippen LogP contribution in [-0.2, 0) is 14.9 Å². The van der Waals surface area contributed by atoms with Crippen LogP contribution in [0, 0.1) is 11.8 Å². The smallest absolute Gasteiger partial charge is 0.279 e. The molecule has 1 heterocycles. The van der Waals surface area contributed by atoms with Crippen LogP contribution in [0.3, 0.4) is 0 Å². The summed E-state index contributed by atoms with van der Waals surface area (Å²) in [6, 6.07) is 0. The zero-order valence-electron chi connectivity index (χ0n) is 12.2.